The van der Waals surface area contributed by atoms with E-state index in [9.17, 15) is 9.59 Å². The summed E-state index contributed by atoms with van der Waals surface area (Å²) < 4.78 is 0. The van der Waals surface area contributed by atoms with Gasteiger partial charge < -0.3 is 16.5 Å². The minimum Gasteiger partial charge on any atom is -0.370 e. The van der Waals surface area contributed by atoms with Gasteiger partial charge in [-0.1, -0.05) is 0 Å². The second kappa shape index (κ2) is 5.86. The molecule has 1 aromatic rings. The predicted octanol–water partition coefficient (Wildman–Crippen LogP) is -0.0341. The van der Waals surface area contributed by atoms with Gasteiger partial charge in [-0.25, -0.2) is 0 Å². The Morgan fingerprint density at radius 1 is 1.29 bits per heavy atom. The first kappa shape index (κ1) is 13.0. The van der Waals surface area contributed by atoms with E-state index < -0.39 is 5.91 Å². The average Bonchev–Trinajstić information content (AvgIpc) is 2.28. The van der Waals surface area contributed by atoms with Gasteiger partial charge in [0.25, 0.3) is 5.91 Å². The third-order valence-corrected chi connectivity index (χ3v) is 2.20. The molecule has 1 atom stereocenters. The van der Waals surface area contributed by atoms with Crippen LogP contribution in [0.5, 0.6) is 0 Å². The second-order valence-corrected chi connectivity index (χ2v) is 3.77. The van der Waals surface area contributed by atoms with Crippen molar-refractivity contribution in [2.24, 2.45) is 11.6 Å². The fraction of sp³-hybridized carbons (Fsp3) is 0.273. The monoisotopic (exact) mass is 236 g/mol. The number of carbonyl (C=O) groups excluding carboxylic acids is 2. The molecule has 0 aromatic heterocycles. The number of anilines is 1. The van der Waals surface area contributed by atoms with Crippen LogP contribution >= 0.6 is 0 Å². The van der Waals surface area contributed by atoms with Crippen LogP contribution in [-0.2, 0) is 4.79 Å². The van der Waals surface area contributed by atoms with Crippen molar-refractivity contribution in [1.82, 2.24) is 5.32 Å². The van der Waals surface area contributed by atoms with E-state index in [1.54, 1.807) is 31.2 Å². The van der Waals surface area contributed by atoms with Crippen LogP contribution in [0.2, 0.25) is 0 Å². The van der Waals surface area contributed by atoms with Gasteiger partial charge in [0.15, 0.2) is 0 Å². The molecule has 17 heavy (non-hydrogen) atoms. The van der Waals surface area contributed by atoms with Gasteiger partial charge in [-0.2, -0.15) is 0 Å². The first-order valence-corrected chi connectivity index (χ1v) is 5.18. The molecule has 0 aliphatic heterocycles. The van der Waals surface area contributed by atoms with Gasteiger partial charge in [-0.05, 0) is 31.2 Å². The van der Waals surface area contributed by atoms with Crippen LogP contribution in [0, 0.1) is 0 Å². The Morgan fingerprint density at radius 2 is 1.88 bits per heavy atom. The number of amides is 2. The van der Waals surface area contributed by atoms with Gasteiger partial charge in [0.05, 0.1) is 0 Å². The molecular weight excluding hydrogens is 220 g/mol. The van der Waals surface area contributed by atoms with Crippen LogP contribution in [0.4, 0.5) is 5.69 Å². The molecule has 0 aliphatic rings. The van der Waals surface area contributed by atoms with Crippen LogP contribution in [0.15, 0.2) is 24.3 Å². The van der Waals surface area contributed by atoms with Crippen LogP contribution < -0.4 is 22.3 Å². The number of nitrogens with one attached hydrogen (secondary N) is 2. The SMILES string of the molecule is CC(CC(N)=O)NC(=O)c1ccc(NN)cc1. The summed E-state index contributed by atoms with van der Waals surface area (Å²) in [6.45, 7) is 1.72. The number of primary amides is 1. The van der Waals surface area contributed by atoms with Crippen molar-refractivity contribution < 1.29 is 9.59 Å². The van der Waals surface area contributed by atoms with E-state index in [1.165, 1.54) is 0 Å². The summed E-state index contributed by atoms with van der Waals surface area (Å²) in [4.78, 5) is 22.4. The molecule has 6 nitrogen and oxygen atoms in total. The number of hydrogen-bond donors (Lipinski definition) is 4. The normalized spacial score (nSPS) is 11.6. The largest absolute Gasteiger partial charge is 0.370 e. The van der Waals surface area contributed by atoms with E-state index in [-0.39, 0.29) is 18.4 Å². The van der Waals surface area contributed by atoms with Crippen molar-refractivity contribution >= 4 is 17.5 Å². The zero-order chi connectivity index (χ0) is 12.8. The van der Waals surface area contributed by atoms with Gasteiger partial charge in [0.2, 0.25) is 5.91 Å². The Balaban J connectivity index is 2.60. The molecule has 2 amide bonds. The van der Waals surface area contributed by atoms with E-state index in [1.807, 2.05) is 0 Å². The lowest BCUT2D eigenvalue weighted by Gasteiger charge is -2.12. The van der Waals surface area contributed by atoms with Crippen LogP contribution in [-0.4, -0.2) is 17.9 Å². The molecule has 1 aromatic carbocycles. The van der Waals surface area contributed by atoms with E-state index in [0.29, 0.717) is 11.3 Å². The average molecular weight is 236 g/mol. The molecule has 0 heterocycles. The van der Waals surface area contributed by atoms with Gasteiger partial charge in [-0.3, -0.25) is 15.4 Å². The molecule has 0 saturated carbocycles. The molecule has 1 rings (SSSR count). The second-order valence-electron chi connectivity index (χ2n) is 3.77. The predicted molar refractivity (Wildman–Crippen MR) is 65.0 cm³/mol. The summed E-state index contributed by atoms with van der Waals surface area (Å²) in [7, 11) is 0. The number of benzene rings is 1. The Morgan fingerprint density at radius 3 is 2.35 bits per heavy atom. The number of carbonyl (C=O) groups is 2. The molecular formula is C11H16N4O2. The molecule has 92 valence electrons. The molecule has 0 radical (unpaired) electrons. The first-order chi connectivity index (χ1) is 8.02. The summed E-state index contributed by atoms with van der Waals surface area (Å²) in [5.74, 6) is 4.52. The summed E-state index contributed by atoms with van der Waals surface area (Å²) in [5.41, 5.74) is 8.72. The minimum atomic E-state index is -0.444. The van der Waals surface area contributed by atoms with E-state index in [0.717, 1.165) is 0 Å². The Bertz CT molecular complexity index is 402. The van der Waals surface area contributed by atoms with Crippen molar-refractivity contribution in [3.8, 4) is 0 Å². The molecule has 0 bridgehead atoms. The lowest BCUT2D eigenvalue weighted by molar-refractivity contribution is -0.118. The van der Waals surface area contributed by atoms with Crippen LogP contribution in [0.25, 0.3) is 0 Å². The molecule has 6 N–H and O–H groups in total. The number of rotatable bonds is 5. The number of nitrogens with two attached hydrogens (primary N) is 2. The van der Waals surface area contributed by atoms with Gasteiger partial charge in [0, 0.05) is 23.7 Å². The fourth-order valence-corrected chi connectivity index (χ4v) is 1.38. The third kappa shape index (κ3) is 4.12. The lowest BCUT2D eigenvalue weighted by Crippen LogP contribution is -2.35. The zero-order valence-electron chi connectivity index (χ0n) is 9.57. The highest BCUT2D eigenvalue weighted by Crippen LogP contribution is 2.08. The van der Waals surface area contributed by atoms with E-state index in [4.69, 9.17) is 11.6 Å². The van der Waals surface area contributed by atoms with Crippen molar-refractivity contribution in [2.75, 3.05) is 5.43 Å². The summed E-state index contributed by atoms with van der Waals surface area (Å²) >= 11 is 0. The molecule has 0 aliphatic carbocycles. The summed E-state index contributed by atoms with van der Waals surface area (Å²) in [5, 5.41) is 2.67. The Labute approximate surface area is 99.3 Å². The standard InChI is InChI=1S/C11H16N4O2/c1-7(6-10(12)16)14-11(17)8-2-4-9(15-13)5-3-8/h2-5,7,15H,6,13H2,1H3,(H2,12,16)(H,14,17). The number of hydrazine groups is 1. The highest BCUT2D eigenvalue weighted by molar-refractivity contribution is 5.95. The molecule has 6 heteroatoms. The topological polar surface area (TPSA) is 110 Å². The van der Waals surface area contributed by atoms with Crippen molar-refractivity contribution in [3.63, 3.8) is 0 Å². The maximum absolute atomic E-state index is 11.7. The quantitative estimate of drug-likeness (QED) is 0.425. The summed E-state index contributed by atoms with van der Waals surface area (Å²) in [6.07, 6.45) is 0.119. The van der Waals surface area contributed by atoms with Crippen LogP contribution in [0.1, 0.15) is 23.7 Å². The molecule has 0 saturated heterocycles. The highest BCUT2D eigenvalue weighted by atomic mass is 16.2. The van der Waals surface area contributed by atoms with Gasteiger partial charge in [-0.15, -0.1) is 0 Å². The number of nitrogen functional groups attached to an aromatic ring is 1. The molecule has 0 spiro atoms. The Kier molecular flexibility index (Phi) is 4.47. The van der Waals surface area contributed by atoms with Crippen molar-refractivity contribution in [2.45, 2.75) is 19.4 Å². The lowest BCUT2D eigenvalue weighted by atomic mass is 10.1. The zero-order valence-corrected chi connectivity index (χ0v) is 9.57. The molecule has 0 fully saturated rings. The van der Waals surface area contributed by atoms with Crippen molar-refractivity contribution in [1.29, 1.82) is 0 Å². The summed E-state index contributed by atoms with van der Waals surface area (Å²) in [6, 6.07) is 6.37. The van der Waals surface area contributed by atoms with Crippen LogP contribution in [0.3, 0.4) is 0 Å². The van der Waals surface area contributed by atoms with Gasteiger partial charge >= 0.3 is 0 Å². The van der Waals surface area contributed by atoms with Crippen molar-refractivity contribution in [3.05, 3.63) is 29.8 Å². The maximum Gasteiger partial charge on any atom is 0.251 e. The Hall–Kier alpha value is -2.08. The fourth-order valence-electron chi connectivity index (χ4n) is 1.38. The van der Waals surface area contributed by atoms with Gasteiger partial charge in [0.1, 0.15) is 0 Å². The smallest absolute Gasteiger partial charge is 0.251 e. The molecule has 1 unspecified atom stereocenters. The van der Waals surface area contributed by atoms with E-state index in [2.05, 4.69) is 10.7 Å². The van der Waals surface area contributed by atoms with E-state index >= 15 is 0 Å². The minimum absolute atomic E-state index is 0.119. The maximum atomic E-state index is 11.7. The third-order valence-electron chi connectivity index (χ3n) is 2.20. The highest BCUT2D eigenvalue weighted by Gasteiger charge is 2.11. The number of hydrogen-bond acceptors (Lipinski definition) is 4. The first-order valence-electron chi connectivity index (χ1n) is 5.18.